The molecule has 7 heavy (non-hydrogen) atoms. The molecule has 0 aromatic heterocycles. The van der Waals surface area contributed by atoms with Crippen LogP contribution in [0.15, 0.2) is 0 Å². The maximum atomic E-state index is 3.76. The van der Waals surface area contributed by atoms with Gasteiger partial charge < -0.3 is 6.92 Å². The summed E-state index contributed by atoms with van der Waals surface area (Å²) in [7, 11) is 0. The quantitative estimate of drug-likeness (QED) is 0.563. The van der Waals surface area contributed by atoms with Crippen LogP contribution in [0.2, 0.25) is 0 Å². The largest absolute Gasteiger partial charge is 3.00 e. The molecule has 1 unspecified atom stereocenters. The van der Waals surface area contributed by atoms with Crippen LogP contribution < -0.4 is 0 Å². The minimum absolute atomic E-state index is 0. The minimum Gasteiger partial charge on any atom is -0.343 e. The third kappa shape index (κ3) is 7.10. The van der Waals surface area contributed by atoms with Crippen LogP contribution in [0.3, 0.4) is 0 Å². The van der Waals surface area contributed by atoms with Crippen LogP contribution in [0.1, 0.15) is 26.7 Å². The van der Waals surface area contributed by atoms with Crippen molar-refractivity contribution in [3.8, 4) is 0 Å². The van der Waals surface area contributed by atoms with Gasteiger partial charge in [0.2, 0.25) is 0 Å². The molecule has 0 saturated heterocycles. The molecule has 0 bridgehead atoms. The summed E-state index contributed by atoms with van der Waals surface area (Å²) in [6.45, 7) is 8.16. The van der Waals surface area contributed by atoms with Crippen molar-refractivity contribution in [3.05, 3.63) is 6.92 Å². The molecule has 0 heterocycles. The van der Waals surface area contributed by atoms with Gasteiger partial charge in [0.1, 0.15) is 0 Å². The molecule has 1 atom stereocenters. The fourth-order valence-corrected chi connectivity index (χ4v) is 0.204. The molecule has 0 nitrogen and oxygen atoms in total. The van der Waals surface area contributed by atoms with Crippen molar-refractivity contribution in [2.75, 3.05) is 0 Å². The van der Waals surface area contributed by atoms with E-state index in [1.807, 2.05) is 0 Å². The molecule has 0 N–H and O–H groups in total. The van der Waals surface area contributed by atoms with E-state index in [0.29, 0.717) is 0 Å². The maximum absolute atomic E-state index is 3.76. The number of hydrogen-bond acceptors (Lipinski definition) is 0. The fourth-order valence-electron chi connectivity index (χ4n) is 0.204. The van der Waals surface area contributed by atoms with Gasteiger partial charge in [-0.15, -0.1) is 0 Å². The van der Waals surface area contributed by atoms with E-state index in [2.05, 4.69) is 20.8 Å². The van der Waals surface area contributed by atoms with Gasteiger partial charge in [-0.3, -0.25) is 0 Å². The first-order valence-corrected chi connectivity index (χ1v) is 2.60. The van der Waals surface area contributed by atoms with Crippen molar-refractivity contribution >= 4 is 0 Å². The van der Waals surface area contributed by atoms with Gasteiger partial charge in [-0.1, -0.05) is 26.2 Å². The van der Waals surface area contributed by atoms with E-state index in [4.69, 9.17) is 0 Å². The van der Waals surface area contributed by atoms with Crippen LogP contribution >= 0.6 is 0 Å². The van der Waals surface area contributed by atoms with Crippen LogP contribution in [-0.2, 0) is 32.7 Å². The Balaban J connectivity index is 0. The third-order valence-electron chi connectivity index (χ3n) is 1.19. The molecule has 0 spiro atoms. The zero-order valence-corrected chi connectivity index (χ0v) is 8.11. The predicted molar refractivity (Wildman–Crippen MR) is 29.4 cm³/mol. The Morgan fingerprint density at radius 2 is 2.00 bits per heavy atom. The van der Waals surface area contributed by atoms with E-state index in [0.717, 1.165) is 12.3 Å². The molecule has 0 aliphatic rings. The SMILES string of the molecule is [CH2-]CC(C)CC.[Y+3]. The molecule has 0 saturated carbocycles. The summed E-state index contributed by atoms with van der Waals surface area (Å²) in [6, 6.07) is 0. The van der Waals surface area contributed by atoms with Gasteiger partial charge in [-0.05, 0) is 0 Å². The Hall–Kier alpha value is 1.10. The van der Waals surface area contributed by atoms with Crippen molar-refractivity contribution in [2.45, 2.75) is 26.7 Å². The third-order valence-corrected chi connectivity index (χ3v) is 1.19. The Labute approximate surface area is 71.9 Å². The van der Waals surface area contributed by atoms with Gasteiger partial charge in [-0.25, -0.2) is 0 Å². The van der Waals surface area contributed by atoms with Gasteiger partial charge in [0.15, 0.2) is 0 Å². The van der Waals surface area contributed by atoms with Gasteiger partial charge in [0.05, 0.1) is 0 Å². The van der Waals surface area contributed by atoms with E-state index in [-0.39, 0.29) is 32.7 Å². The number of hydrogen-bond donors (Lipinski definition) is 0. The van der Waals surface area contributed by atoms with Crippen LogP contribution in [0, 0.1) is 12.8 Å². The summed E-state index contributed by atoms with van der Waals surface area (Å²) in [5.74, 6) is 0.824. The van der Waals surface area contributed by atoms with Crippen LogP contribution in [0.5, 0.6) is 0 Å². The van der Waals surface area contributed by atoms with Crippen molar-refractivity contribution < 1.29 is 32.7 Å². The molecule has 0 aromatic carbocycles. The molecule has 0 fully saturated rings. The van der Waals surface area contributed by atoms with Crippen LogP contribution in [0.4, 0.5) is 0 Å². The molecule has 1 heteroatoms. The average molecular weight is 174 g/mol. The van der Waals surface area contributed by atoms with Gasteiger partial charge in [0, 0.05) is 0 Å². The van der Waals surface area contributed by atoms with E-state index in [1.54, 1.807) is 0 Å². The summed E-state index contributed by atoms with van der Waals surface area (Å²) < 4.78 is 0. The van der Waals surface area contributed by atoms with Crippen molar-refractivity contribution in [2.24, 2.45) is 5.92 Å². The topological polar surface area (TPSA) is 0 Å². The summed E-state index contributed by atoms with van der Waals surface area (Å²) in [5, 5.41) is 0. The second-order valence-corrected chi connectivity index (χ2v) is 1.80. The molecule has 0 aromatic rings. The summed E-state index contributed by atoms with van der Waals surface area (Å²) >= 11 is 0. The fraction of sp³-hybridized carbons (Fsp3) is 0.833. The standard InChI is InChI=1S/C6H13.Y/c1-4-6(3)5-2;/h6H,1,4-5H2,2-3H3;/q-1;+3. The summed E-state index contributed by atoms with van der Waals surface area (Å²) in [5.41, 5.74) is 0. The van der Waals surface area contributed by atoms with E-state index < -0.39 is 0 Å². The van der Waals surface area contributed by atoms with Gasteiger partial charge in [-0.2, -0.15) is 6.42 Å². The molecule has 0 aliphatic heterocycles. The second kappa shape index (κ2) is 7.10. The Morgan fingerprint density at radius 3 is 2.00 bits per heavy atom. The van der Waals surface area contributed by atoms with Crippen LogP contribution in [0.25, 0.3) is 0 Å². The summed E-state index contributed by atoms with van der Waals surface area (Å²) in [4.78, 5) is 0. The Bertz CT molecular complexity index is 23.4. The van der Waals surface area contributed by atoms with E-state index >= 15 is 0 Å². The Morgan fingerprint density at radius 1 is 1.57 bits per heavy atom. The molecule has 0 amide bonds. The van der Waals surface area contributed by atoms with E-state index in [9.17, 15) is 0 Å². The Kier molecular flexibility index (Phi) is 11.1. The van der Waals surface area contributed by atoms with Crippen molar-refractivity contribution in [1.29, 1.82) is 0 Å². The van der Waals surface area contributed by atoms with Gasteiger partial charge >= 0.3 is 32.7 Å². The average Bonchev–Trinajstić information content (AvgIpc) is 1.65. The smallest absolute Gasteiger partial charge is 0.343 e. The molecule has 38 valence electrons. The van der Waals surface area contributed by atoms with Gasteiger partial charge in [0.25, 0.3) is 0 Å². The zero-order chi connectivity index (χ0) is 4.99. The summed E-state index contributed by atoms with van der Waals surface area (Å²) in [6.07, 6.45) is 2.35. The zero-order valence-electron chi connectivity index (χ0n) is 5.28. The second-order valence-electron chi connectivity index (χ2n) is 1.80. The molecule has 0 radical (unpaired) electrons. The molecular weight excluding hydrogens is 161 g/mol. The number of rotatable bonds is 2. The van der Waals surface area contributed by atoms with E-state index in [1.165, 1.54) is 6.42 Å². The van der Waals surface area contributed by atoms with Crippen LogP contribution in [-0.4, -0.2) is 0 Å². The maximum Gasteiger partial charge on any atom is 3.00 e. The monoisotopic (exact) mass is 174 g/mol. The predicted octanol–water partition coefficient (Wildman–Crippen LogP) is 2.25. The first-order valence-electron chi connectivity index (χ1n) is 2.60. The first kappa shape index (κ1) is 11.0. The van der Waals surface area contributed by atoms with Crippen molar-refractivity contribution in [1.82, 2.24) is 0 Å². The molecule has 0 rings (SSSR count). The molecule has 0 aliphatic carbocycles. The minimum atomic E-state index is 0. The molecular formula is C6H13Y+2. The van der Waals surface area contributed by atoms with Crippen molar-refractivity contribution in [3.63, 3.8) is 0 Å². The first-order chi connectivity index (χ1) is 2.81. The normalized spacial score (nSPS) is 12.4.